The molecule has 3 amide bonds. The van der Waals surface area contributed by atoms with Gasteiger partial charge in [-0.15, -0.1) is 0 Å². The van der Waals surface area contributed by atoms with Crippen molar-refractivity contribution in [3.05, 3.63) is 23.8 Å². The Labute approximate surface area is 147 Å². The third kappa shape index (κ3) is 3.67. The fraction of sp³-hybridized carbons (Fsp3) is 0.526. The van der Waals surface area contributed by atoms with Crippen molar-refractivity contribution in [2.45, 2.75) is 38.5 Å². The molecule has 1 heterocycles. The first-order valence-corrected chi connectivity index (χ1v) is 9.13. The Morgan fingerprint density at radius 3 is 2.56 bits per heavy atom. The molecule has 6 heteroatoms. The van der Waals surface area contributed by atoms with E-state index in [1.807, 2.05) is 0 Å². The van der Waals surface area contributed by atoms with E-state index < -0.39 is 0 Å². The second-order valence-corrected chi connectivity index (χ2v) is 7.35. The van der Waals surface area contributed by atoms with Crippen molar-refractivity contribution in [3.8, 4) is 0 Å². The van der Waals surface area contributed by atoms with Crippen LogP contribution in [0.25, 0.3) is 0 Å². The lowest BCUT2D eigenvalue weighted by Crippen LogP contribution is -2.35. The van der Waals surface area contributed by atoms with Crippen LogP contribution in [0.1, 0.15) is 48.9 Å². The zero-order valence-corrected chi connectivity index (χ0v) is 14.2. The van der Waals surface area contributed by atoms with Crippen molar-refractivity contribution in [1.29, 1.82) is 0 Å². The van der Waals surface area contributed by atoms with Crippen LogP contribution in [0.15, 0.2) is 18.2 Å². The van der Waals surface area contributed by atoms with Gasteiger partial charge in [0, 0.05) is 25.9 Å². The highest BCUT2D eigenvalue weighted by atomic mass is 16.2. The minimum absolute atomic E-state index is 0.0316. The van der Waals surface area contributed by atoms with Gasteiger partial charge in [-0.05, 0) is 49.7 Å². The van der Waals surface area contributed by atoms with Crippen LogP contribution in [-0.2, 0) is 9.59 Å². The largest absolute Gasteiger partial charge is 0.350 e. The molecule has 1 aliphatic heterocycles. The molecule has 0 bridgehead atoms. The SMILES string of the molecule is O=C(CC1CC1)Nc1cccc2c1N(C(=O)CC1CC1)CCNC2=O. The number of benzene rings is 1. The Hall–Kier alpha value is -2.37. The molecule has 6 nitrogen and oxygen atoms in total. The number of nitrogens with one attached hydrogen (secondary N) is 2. The van der Waals surface area contributed by atoms with Crippen LogP contribution >= 0.6 is 0 Å². The molecule has 0 aromatic heterocycles. The molecule has 0 unspecified atom stereocenters. The van der Waals surface area contributed by atoms with Crippen molar-refractivity contribution >= 4 is 29.1 Å². The van der Waals surface area contributed by atoms with Crippen LogP contribution in [0.2, 0.25) is 0 Å². The first kappa shape index (κ1) is 16.1. The lowest BCUT2D eigenvalue weighted by molar-refractivity contribution is -0.119. The van der Waals surface area contributed by atoms with E-state index in [0.717, 1.165) is 25.7 Å². The average molecular weight is 341 g/mol. The van der Waals surface area contributed by atoms with Crippen molar-refractivity contribution in [2.75, 3.05) is 23.3 Å². The molecule has 0 saturated heterocycles. The van der Waals surface area contributed by atoms with Crippen molar-refractivity contribution < 1.29 is 14.4 Å². The van der Waals surface area contributed by atoms with Gasteiger partial charge in [0.1, 0.15) is 0 Å². The number of amides is 3. The fourth-order valence-electron chi connectivity index (χ4n) is 3.32. The zero-order valence-electron chi connectivity index (χ0n) is 14.2. The number of fused-ring (bicyclic) bond motifs is 1. The minimum Gasteiger partial charge on any atom is -0.350 e. The zero-order chi connectivity index (χ0) is 17.4. The highest BCUT2D eigenvalue weighted by Gasteiger charge is 2.32. The molecule has 132 valence electrons. The molecule has 25 heavy (non-hydrogen) atoms. The van der Waals surface area contributed by atoms with Crippen LogP contribution in [0, 0.1) is 11.8 Å². The standard InChI is InChI=1S/C19H23N3O3/c23-16(10-12-4-5-12)21-15-3-1-2-14-18(15)22(9-8-20-19(14)25)17(24)11-13-6-7-13/h1-3,12-13H,4-11H2,(H,20,25)(H,21,23). The quantitative estimate of drug-likeness (QED) is 0.862. The molecule has 1 aromatic rings. The summed E-state index contributed by atoms with van der Waals surface area (Å²) in [6, 6.07) is 5.24. The van der Waals surface area contributed by atoms with Gasteiger partial charge in [-0.3, -0.25) is 14.4 Å². The molecule has 3 aliphatic rings. The average Bonchev–Trinajstić information content (AvgIpc) is 3.46. The molecule has 2 fully saturated rings. The maximum atomic E-state index is 12.8. The van der Waals surface area contributed by atoms with E-state index in [4.69, 9.17) is 0 Å². The Balaban J connectivity index is 1.64. The summed E-state index contributed by atoms with van der Waals surface area (Å²) in [6.45, 7) is 0.846. The first-order chi connectivity index (χ1) is 12.1. The second kappa shape index (κ2) is 6.50. The van der Waals surface area contributed by atoms with Crippen LogP contribution in [0.5, 0.6) is 0 Å². The summed E-state index contributed by atoms with van der Waals surface area (Å²) in [5.41, 5.74) is 1.56. The Morgan fingerprint density at radius 2 is 1.84 bits per heavy atom. The normalized spacial score (nSPS) is 19.7. The highest BCUT2D eigenvalue weighted by Crippen LogP contribution is 2.37. The van der Waals surface area contributed by atoms with Gasteiger partial charge in [-0.1, -0.05) is 6.07 Å². The molecule has 2 aliphatic carbocycles. The van der Waals surface area contributed by atoms with Gasteiger partial charge in [-0.25, -0.2) is 0 Å². The van der Waals surface area contributed by atoms with Gasteiger partial charge < -0.3 is 15.5 Å². The lowest BCUT2D eigenvalue weighted by Gasteiger charge is -2.25. The van der Waals surface area contributed by atoms with Gasteiger partial charge in [0.05, 0.1) is 16.9 Å². The number of rotatable bonds is 5. The summed E-state index contributed by atoms with van der Waals surface area (Å²) in [6.07, 6.45) is 5.43. The molecule has 0 spiro atoms. The molecule has 1 aromatic carbocycles. The van der Waals surface area contributed by atoms with E-state index in [0.29, 0.717) is 54.7 Å². The number of nitrogens with zero attached hydrogens (tertiary/aromatic N) is 1. The predicted octanol–water partition coefficient (Wildman–Crippen LogP) is 2.30. The van der Waals surface area contributed by atoms with Crippen LogP contribution in [-0.4, -0.2) is 30.8 Å². The van der Waals surface area contributed by atoms with Gasteiger partial charge in [-0.2, -0.15) is 0 Å². The molecule has 2 saturated carbocycles. The predicted molar refractivity (Wildman–Crippen MR) is 94.4 cm³/mol. The van der Waals surface area contributed by atoms with Crippen molar-refractivity contribution in [1.82, 2.24) is 5.32 Å². The smallest absolute Gasteiger partial charge is 0.253 e. The molecule has 2 N–H and O–H groups in total. The van der Waals surface area contributed by atoms with E-state index in [2.05, 4.69) is 10.6 Å². The van der Waals surface area contributed by atoms with Gasteiger partial charge in [0.15, 0.2) is 0 Å². The Morgan fingerprint density at radius 1 is 1.12 bits per heavy atom. The van der Waals surface area contributed by atoms with Gasteiger partial charge in [0.2, 0.25) is 11.8 Å². The minimum atomic E-state index is -0.199. The topological polar surface area (TPSA) is 78.5 Å². The summed E-state index contributed by atoms with van der Waals surface area (Å²) in [4.78, 5) is 39.1. The summed E-state index contributed by atoms with van der Waals surface area (Å²) in [7, 11) is 0. The summed E-state index contributed by atoms with van der Waals surface area (Å²) >= 11 is 0. The van der Waals surface area contributed by atoms with E-state index in [9.17, 15) is 14.4 Å². The number of carbonyl (C=O) groups is 3. The van der Waals surface area contributed by atoms with E-state index in [-0.39, 0.29) is 17.7 Å². The molecular formula is C19H23N3O3. The third-order valence-corrected chi connectivity index (χ3v) is 5.08. The summed E-state index contributed by atoms with van der Waals surface area (Å²) in [5, 5.41) is 5.76. The van der Waals surface area contributed by atoms with Gasteiger partial charge >= 0.3 is 0 Å². The van der Waals surface area contributed by atoms with Crippen LogP contribution in [0.4, 0.5) is 11.4 Å². The number of hydrogen-bond acceptors (Lipinski definition) is 3. The lowest BCUT2D eigenvalue weighted by atomic mass is 10.1. The van der Waals surface area contributed by atoms with Crippen molar-refractivity contribution in [2.24, 2.45) is 11.8 Å². The number of hydrogen-bond donors (Lipinski definition) is 2. The van der Waals surface area contributed by atoms with E-state index in [1.165, 1.54) is 0 Å². The maximum absolute atomic E-state index is 12.8. The molecule has 0 atom stereocenters. The van der Waals surface area contributed by atoms with Crippen LogP contribution in [0.3, 0.4) is 0 Å². The van der Waals surface area contributed by atoms with E-state index >= 15 is 0 Å². The fourth-order valence-corrected chi connectivity index (χ4v) is 3.32. The monoisotopic (exact) mass is 341 g/mol. The van der Waals surface area contributed by atoms with Crippen molar-refractivity contribution in [3.63, 3.8) is 0 Å². The van der Waals surface area contributed by atoms with Crippen LogP contribution < -0.4 is 15.5 Å². The number of anilines is 2. The summed E-state index contributed by atoms with van der Waals surface area (Å²) < 4.78 is 0. The van der Waals surface area contributed by atoms with E-state index in [1.54, 1.807) is 23.1 Å². The number of carbonyl (C=O) groups excluding carboxylic acids is 3. The Kier molecular flexibility index (Phi) is 4.19. The molecular weight excluding hydrogens is 318 g/mol. The molecule has 0 radical (unpaired) electrons. The number of para-hydroxylation sites is 1. The van der Waals surface area contributed by atoms with Gasteiger partial charge in [0.25, 0.3) is 5.91 Å². The molecule has 4 rings (SSSR count). The first-order valence-electron chi connectivity index (χ1n) is 9.13. The summed E-state index contributed by atoms with van der Waals surface area (Å²) in [5.74, 6) is 0.743. The highest BCUT2D eigenvalue weighted by molar-refractivity contribution is 6.11. The third-order valence-electron chi connectivity index (χ3n) is 5.08. The maximum Gasteiger partial charge on any atom is 0.253 e. The Bertz CT molecular complexity index is 723. The second-order valence-electron chi connectivity index (χ2n) is 7.35.